The fourth-order valence-corrected chi connectivity index (χ4v) is 1.89. The first-order valence-corrected chi connectivity index (χ1v) is 6.79. The van der Waals surface area contributed by atoms with E-state index in [1.807, 2.05) is 13.8 Å². The van der Waals surface area contributed by atoms with Crippen molar-refractivity contribution in [2.24, 2.45) is 0 Å². The van der Waals surface area contributed by atoms with Crippen LogP contribution in [-0.2, 0) is 0 Å². The second-order valence-electron chi connectivity index (χ2n) is 5.25. The Morgan fingerprint density at radius 1 is 1.47 bits per heavy atom. The summed E-state index contributed by atoms with van der Waals surface area (Å²) < 4.78 is 5.53. The van der Waals surface area contributed by atoms with Gasteiger partial charge in [-0.1, -0.05) is 0 Å². The average molecular weight is 265 g/mol. The van der Waals surface area contributed by atoms with E-state index in [1.165, 1.54) is 19.2 Å². The van der Waals surface area contributed by atoms with E-state index < -0.39 is 0 Å². The van der Waals surface area contributed by atoms with Gasteiger partial charge in [0.15, 0.2) is 5.82 Å². The first-order chi connectivity index (χ1) is 9.08. The minimum absolute atomic E-state index is 0.0473. The molecule has 1 aliphatic rings. The highest BCUT2D eigenvalue weighted by molar-refractivity contribution is 5.66. The van der Waals surface area contributed by atoms with Crippen LogP contribution in [0.5, 0.6) is 5.88 Å². The van der Waals surface area contributed by atoms with Crippen LogP contribution in [0.15, 0.2) is 6.33 Å². The van der Waals surface area contributed by atoms with Gasteiger partial charge in [-0.15, -0.1) is 0 Å². The summed E-state index contributed by atoms with van der Waals surface area (Å²) in [5, 5.41) is 3.24. The second-order valence-corrected chi connectivity index (χ2v) is 5.25. The Hall–Kier alpha value is -1.56. The van der Waals surface area contributed by atoms with Crippen molar-refractivity contribution >= 4 is 11.5 Å². The largest absolute Gasteiger partial charge is 0.473 e. The summed E-state index contributed by atoms with van der Waals surface area (Å²) in [5.41, 5.74) is 6.47. The highest BCUT2D eigenvalue weighted by Crippen LogP contribution is 2.26. The molecule has 1 aromatic heterocycles. The van der Waals surface area contributed by atoms with E-state index in [-0.39, 0.29) is 6.10 Å². The van der Waals surface area contributed by atoms with Gasteiger partial charge in [0.1, 0.15) is 12.0 Å². The topological polar surface area (TPSA) is 76.3 Å². The lowest BCUT2D eigenvalue weighted by Crippen LogP contribution is -2.27. The van der Waals surface area contributed by atoms with Crippen molar-refractivity contribution in [3.63, 3.8) is 0 Å². The third-order valence-corrected chi connectivity index (χ3v) is 3.12. The van der Waals surface area contributed by atoms with Crippen molar-refractivity contribution in [3.05, 3.63) is 6.33 Å². The second kappa shape index (κ2) is 6.06. The molecule has 0 aliphatic heterocycles. The molecule has 6 heteroatoms. The lowest BCUT2D eigenvalue weighted by Gasteiger charge is -2.17. The molecule has 1 aromatic rings. The molecule has 106 valence electrons. The summed E-state index contributed by atoms with van der Waals surface area (Å²) in [5.74, 6) is 1.10. The monoisotopic (exact) mass is 265 g/mol. The van der Waals surface area contributed by atoms with E-state index in [0.29, 0.717) is 17.4 Å². The first-order valence-electron chi connectivity index (χ1n) is 6.79. The maximum Gasteiger partial charge on any atom is 0.242 e. The fourth-order valence-electron chi connectivity index (χ4n) is 1.89. The zero-order valence-electron chi connectivity index (χ0n) is 11.9. The van der Waals surface area contributed by atoms with Crippen molar-refractivity contribution < 1.29 is 4.74 Å². The summed E-state index contributed by atoms with van der Waals surface area (Å²) in [6.07, 6.45) is 4.16. The van der Waals surface area contributed by atoms with Crippen LogP contribution in [0.3, 0.4) is 0 Å². The highest BCUT2D eigenvalue weighted by atomic mass is 16.5. The van der Waals surface area contributed by atoms with Crippen LogP contribution < -0.4 is 15.8 Å². The molecule has 3 N–H and O–H groups in total. The van der Waals surface area contributed by atoms with Crippen molar-refractivity contribution in [3.8, 4) is 5.88 Å². The molecule has 0 aromatic carbocycles. The minimum Gasteiger partial charge on any atom is -0.473 e. The number of nitrogens with one attached hydrogen (secondary N) is 1. The SMILES string of the molecule is CC(C)Oc1ncnc(NCCN(C)C2CC2)c1N. The maximum atomic E-state index is 5.99. The van der Waals surface area contributed by atoms with Crippen LogP contribution in [0.25, 0.3) is 0 Å². The van der Waals surface area contributed by atoms with Crippen molar-refractivity contribution in [1.29, 1.82) is 0 Å². The van der Waals surface area contributed by atoms with Gasteiger partial charge in [-0.25, -0.2) is 4.98 Å². The molecule has 0 atom stereocenters. The zero-order chi connectivity index (χ0) is 13.8. The van der Waals surface area contributed by atoms with Gasteiger partial charge in [-0.05, 0) is 33.7 Å². The molecule has 0 unspecified atom stereocenters. The molecule has 0 spiro atoms. The van der Waals surface area contributed by atoms with Gasteiger partial charge in [0, 0.05) is 19.1 Å². The molecule has 1 heterocycles. The Balaban J connectivity index is 1.88. The number of rotatable bonds is 7. The molecule has 0 saturated heterocycles. The fraction of sp³-hybridized carbons (Fsp3) is 0.692. The normalized spacial score (nSPS) is 15.0. The molecule has 0 amide bonds. The van der Waals surface area contributed by atoms with Gasteiger partial charge < -0.3 is 20.7 Å². The van der Waals surface area contributed by atoms with Gasteiger partial charge in [-0.3, -0.25) is 0 Å². The van der Waals surface area contributed by atoms with E-state index >= 15 is 0 Å². The lowest BCUT2D eigenvalue weighted by molar-refractivity contribution is 0.234. The molecule has 6 nitrogen and oxygen atoms in total. The van der Waals surface area contributed by atoms with Gasteiger partial charge in [0.05, 0.1) is 6.10 Å². The van der Waals surface area contributed by atoms with Crippen LogP contribution >= 0.6 is 0 Å². The van der Waals surface area contributed by atoms with E-state index in [2.05, 4.69) is 27.2 Å². The zero-order valence-corrected chi connectivity index (χ0v) is 11.9. The summed E-state index contributed by atoms with van der Waals surface area (Å²) in [6, 6.07) is 0.768. The summed E-state index contributed by atoms with van der Waals surface area (Å²) in [4.78, 5) is 10.6. The maximum absolute atomic E-state index is 5.99. The van der Waals surface area contributed by atoms with E-state index in [1.54, 1.807) is 0 Å². The molecule has 1 saturated carbocycles. The number of likely N-dealkylation sites (N-methyl/N-ethyl adjacent to an activating group) is 1. The van der Waals surface area contributed by atoms with E-state index in [9.17, 15) is 0 Å². The van der Waals surface area contributed by atoms with Gasteiger partial charge in [-0.2, -0.15) is 4.98 Å². The number of hydrogen-bond donors (Lipinski definition) is 2. The van der Waals surface area contributed by atoms with Gasteiger partial charge >= 0.3 is 0 Å². The number of nitrogen functional groups attached to an aromatic ring is 1. The molecular formula is C13H23N5O. The predicted octanol–water partition coefficient (Wildman–Crippen LogP) is 1.35. The molecule has 2 rings (SSSR count). The van der Waals surface area contributed by atoms with E-state index in [0.717, 1.165) is 19.1 Å². The molecule has 0 radical (unpaired) electrons. The standard InChI is InChI=1S/C13H23N5O/c1-9(2)19-13-11(14)12(16-8-17-13)15-6-7-18(3)10-4-5-10/h8-10H,4-7,14H2,1-3H3,(H,15,16,17). The van der Waals surface area contributed by atoms with Crippen molar-refractivity contribution in [1.82, 2.24) is 14.9 Å². The molecule has 19 heavy (non-hydrogen) atoms. The number of ether oxygens (including phenoxy) is 1. The Labute approximate surface area is 114 Å². The average Bonchev–Trinajstić information content (AvgIpc) is 3.17. The lowest BCUT2D eigenvalue weighted by atomic mass is 10.4. The number of nitrogens with two attached hydrogens (primary N) is 1. The van der Waals surface area contributed by atoms with Crippen molar-refractivity contribution in [2.75, 3.05) is 31.2 Å². The third-order valence-electron chi connectivity index (χ3n) is 3.12. The smallest absolute Gasteiger partial charge is 0.242 e. The summed E-state index contributed by atoms with van der Waals surface area (Å²) in [7, 11) is 2.15. The Kier molecular flexibility index (Phi) is 4.42. The van der Waals surface area contributed by atoms with Crippen LogP contribution in [0.2, 0.25) is 0 Å². The Morgan fingerprint density at radius 3 is 2.84 bits per heavy atom. The highest BCUT2D eigenvalue weighted by Gasteiger charge is 2.25. The number of aromatic nitrogens is 2. The third kappa shape index (κ3) is 3.96. The Bertz CT molecular complexity index is 419. The van der Waals surface area contributed by atoms with Gasteiger partial charge in [0.2, 0.25) is 5.88 Å². The molecule has 1 fully saturated rings. The number of hydrogen-bond acceptors (Lipinski definition) is 6. The quantitative estimate of drug-likeness (QED) is 0.775. The van der Waals surface area contributed by atoms with Crippen LogP contribution in [0.1, 0.15) is 26.7 Å². The van der Waals surface area contributed by atoms with E-state index in [4.69, 9.17) is 10.5 Å². The minimum atomic E-state index is 0.0473. The molecule has 1 aliphatic carbocycles. The summed E-state index contributed by atoms with van der Waals surface area (Å²) in [6.45, 7) is 5.68. The molecular weight excluding hydrogens is 242 g/mol. The first kappa shape index (κ1) is 13.9. The molecule has 0 bridgehead atoms. The van der Waals surface area contributed by atoms with Crippen LogP contribution in [-0.4, -0.2) is 47.2 Å². The van der Waals surface area contributed by atoms with Gasteiger partial charge in [0.25, 0.3) is 0 Å². The van der Waals surface area contributed by atoms with Crippen molar-refractivity contribution in [2.45, 2.75) is 38.8 Å². The Morgan fingerprint density at radius 2 is 2.21 bits per heavy atom. The predicted molar refractivity (Wildman–Crippen MR) is 76.4 cm³/mol. The van der Waals surface area contributed by atoms with Crippen LogP contribution in [0, 0.1) is 0 Å². The summed E-state index contributed by atoms with van der Waals surface area (Å²) >= 11 is 0. The van der Waals surface area contributed by atoms with Crippen LogP contribution in [0.4, 0.5) is 11.5 Å². The number of nitrogens with zero attached hydrogens (tertiary/aromatic N) is 3. The number of anilines is 2.